The second-order valence-corrected chi connectivity index (χ2v) is 7.24. The molecular formula is C24H22N4O3. The quantitative estimate of drug-likeness (QED) is 0.688. The highest BCUT2D eigenvalue weighted by Gasteiger charge is 2.34. The maximum atomic E-state index is 13.6. The molecule has 1 aliphatic heterocycles. The van der Waals surface area contributed by atoms with Crippen LogP contribution in [0.3, 0.4) is 0 Å². The fourth-order valence-corrected chi connectivity index (χ4v) is 3.81. The number of hydrogen-bond acceptors (Lipinski definition) is 6. The Balaban J connectivity index is 1.87. The summed E-state index contributed by atoms with van der Waals surface area (Å²) in [6, 6.07) is 15.0. The number of nitrogens with two attached hydrogens (primary N) is 1. The van der Waals surface area contributed by atoms with E-state index in [1.165, 1.54) is 0 Å². The molecule has 0 amide bonds. The highest BCUT2D eigenvalue weighted by atomic mass is 16.5. The van der Waals surface area contributed by atoms with Gasteiger partial charge in [-0.1, -0.05) is 18.2 Å². The number of allylic oxidation sites excluding steroid dienone is 1. The SMILES string of the molecule is CCOc1ccc([C@H]2C(C#N)=C(N)Oc3cc(C)n(Cc4cccnc4)c(=O)c32)cc1. The van der Waals surface area contributed by atoms with E-state index >= 15 is 0 Å². The molecule has 7 nitrogen and oxygen atoms in total. The number of aryl methyl sites for hydroxylation is 1. The van der Waals surface area contributed by atoms with Gasteiger partial charge in [-0.05, 0) is 43.2 Å². The van der Waals surface area contributed by atoms with E-state index in [-0.39, 0.29) is 17.0 Å². The van der Waals surface area contributed by atoms with Crippen LogP contribution in [0.4, 0.5) is 0 Å². The summed E-state index contributed by atoms with van der Waals surface area (Å²) < 4.78 is 12.9. The van der Waals surface area contributed by atoms with E-state index in [0.717, 1.165) is 16.8 Å². The average molecular weight is 414 g/mol. The smallest absolute Gasteiger partial charge is 0.259 e. The van der Waals surface area contributed by atoms with Gasteiger partial charge in [-0.3, -0.25) is 9.78 Å². The highest BCUT2D eigenvalue weighted by molar-refractivity contribution is 5.55. The largest absolute Gasteiger partial charge is 0.494 e. The third-order valence-electron chi connectivity index (χ3n) is 5.28. The normalized spacial score (nSPS) is 15.1. The van der Waals surface area contributed by atoms with Crippen molar-refractivity contribution < 1.29 is 9.47 Å². The van der Waals surface area contributed by atoms with Crippen LogP contribution >= 0.6 is 0 Å². The Labute approximate surface area is 180 Å². The number of ether oxygens (including phenoxy) is 2. The molecule has 0 unspecified atom stereocenters. The third kappa shape index (κ3) is 3.76. The first-order valence-electron chi connectivity index (χ1n) is 9.97. The van der Waals surface area contributed by atoms with Gasteiger partial charge in [-0.15, -0.1) is 0 Å². The van der Waals surface area contributed by atoms with E-state index in [9.17, 15) is 10.1 Å². The molecule has 4 rings (SSSR count). The van der Waals surface area contributed by atoms with Gasteiger partial charge in [0.2, 0.25) is 5.88 Å². The Morgan fingerprint density at radius 2 is 2.06 bits per heavy atom. The minimum absolute atomic E-state index is 0.0118. The van der Waals surface area contributed by atoms with E-state index in [1.54, 1.807) is 23.0 Å². The van der Waals surface area contributed by atoms with Crippen LogP contribution < -0.4 is 20.8 Å². The van der Waals surface area contributed by atoms with Crippen molar-refractivity contribution in [2.24, 2.45) is 5.73 Å². The molecule has 0 spiro atoms. The molecule has 0 bridgehead atoms. The van der Waals surface area contributed by atoms with Crippen LogP contribution in [0.2, 0.25) is 0 Å². The van der Waals surface area contributed by atoms with Crippen LogP contribution in [0.5, 0.6) is 11.5 Å². The van der Waals surface area contributed by atoms with Gasteiger partial charge in [-0.2, -0.15) is 5.26 Å². The van der Waals surface area contributed by atoms with Crippen LogP contribution in [0, 0.1) is 18.3 Å². The highest BCUT2D eigenvalue weighted by Crippen LogP contribution is 2.40. The number of aromatic nitrogens is 2. The van der Waals surface area contributed by atoms with Crippen molar-refractivity contribution in [2.75, 3.05) is 6.61 Å². The third-order valence-corrected chi connectivity index (χ3v) is 5.28. The monoisotopic (exact) mass is 414 g/mol. The fourth-order valence-electron chi connectivity index (χ4n) is 3.81. The lowest BCUT2D eigenvalue weighted by Crippen LogP contribution is -2.33. The summed E-state index contributed by atoms with van der Waals surface area (Å²) in [7, 11) is 0. The van der Waals surface area contributed by atoms with Crippen molar-refractivity contribution in [1.82, 2.24) is 9.55 Å². The number of nitrogens with zero attached hydrogens (tertiary/aromatic N) is 3. The molecule has 0 saturated heterocycles. The minimum atomic E-state index is -0.627. The average Bonchev–Trinajstić information content (AvgIpc) is 2.77. The van der Waals surface area contributed by atoms with Gasteiger partial charge in [0.05, 0.1) is 24.6 Å². The number of fused-ring (bicyclic) bond motifs is 1. The Bertz CT molecular complexity index is 1240. The zero-order valence-corrected chi connectivity index (χ0v) is 17.3. The molecular weight excluding hydrogens is 392 g/mol. The summed E-state index contributed by atoms with van der Waals surface area (Å²) in [4.78, 5) is 17.8. The molecule has 0 radical (unpaired) electrons. The molecule has 2 aromatic heterocycles. The first-order chi connectivity index (χ1) is 15.0. The van der Waals surface area contributed by atoms with Gasteiger partial charge < -0.3 is 19.8 Å². The van der Waals surface area contributed by atoms with Crippen LogP contribution in [0.1, 0.15) is 35.2 Å². The molecule has 1 aromatic carbocycles. The first-order valence-corrected chi connectivity index (χ1v) is 9.97. The second kappa shape index (κ2) is 8.36. The Morgan fingerprint density at radius 3 is 2.71 bits per heavy atom. The summed E-state index contributed by atoms with van der Waals surface area (Å²) in [5.74, 6) is 0.475. The van der Waals surface area contributed by atoms with E-state index in [2.05, 4.69) is 11.1 Å². The molecule has 0 saturated carbocycles. The van der Waals surface area contributed by atoms with E-state index < -0.39 is 5.92 Å². The van der Waals surface area contributed by atoms with Crippen molar-refractivity contribution in [2.45, 2.75) is 26.3 Å². The Morgan fingerprint density at radius 1 is 1.29 bits per heavy atom. The molecule has 156 valence electrons. The van der Waals surface area contributed by atoms with Crippen LogP contribution in [-0.2, 0) is 6.54 Å². The van der Waals surface area contributed by atoms with Crippen molar-refractivity contribution in [1.29, 1.82) is 5.26 Å². The molecule has 1 atom stereocenters. The predicted molar refractivity (Wildman–Crippen MR) is 116 cm³/mol. The van der Waals surface area contributed by atoms with Gasteiger partial charge in [0.15, 0.2) is 0 Å². The molecule has 0 fully saturated rings. The lowest BCUT2D eigenvalue weighted by Gasteiger charge is -2.27. The number of benzene rings is 1. The maximum Gasteiger partial charge on any atom is 0.259 e. The summed E-state index contributed by atoms with van der Waals surface area (Å²) in [6.45, 7) is 4.66. The molecule has 7 heteroatoms. The Kier molecular flexibility index (Phi) is 5.46. The lowest BCUT2D eigenvalue weighted by molar-refractivity contribution is 0.340. The Hall–Kier alpha value is -4.05. The first kappa shape index (κ1) is 20.2. The fraction of sp³-hybridized carbons (Fsp3) is 0.208. The summed E-state index contributed by atoms with van der Waals surface area (Å²) >= 11 is 0. The zero-order chi connectivity index (χ0) is 22.0. The van der Waals surface area contributed by atoms with Crippen molar-refractivity contribution in [3.63, 3.8) is 0 Å². The van der Waals surface area contributed by atoms with Gasteiger partial charge in [-0.25, -0.2) is 0 Å². The van der Waals surface area contributed by atoms with E-state index in [0.29, 0.717) is 30.2 Å². The molecule has 3 heterocycles. The topological polar surface area (TPSA) is 103 Å². The number of rotatable bonds is 5. The van der Waals surface area contributed by atoms with Gasteiger partial charge in [0, 0.05) is 24.2 Å². The summed E-state index contributed by atoms with van der Waals surface area (Å²) in [6.07, 6.45) is 3.42. The molecule has 31 heavy (non-hydrogen) atoms. The van der Waals surface area contributed by atoms with Crippen molar-refractivity contribution >= 4 is 0 Å². The summed E-state index contributed by atoms with van der Waals surface area (Å²) in [5, 5.41) is 9.80. The molecule has 2 N–H and O–H groups in total. The second-order valence-electron chi connectivity index (χ2n) is 7.24. The van der Waals surface area contributed by atoms with Gasteiger partial charge in [0.25, 0.3) is 5.56 Å². The van der Waals surface area contributed by atoms with Crippen molar-refractivity contribution in [3.05, 3.63) is 99.1 Å². The standard InChI is InChI=1S/C24H22N4O3/c1-3-30-18-8-6-17(7-9-18)21-19(12-25)23(26)31-20-11-15(2)28(24(29)22(20)21)14-16-5-4-10-27-13-16/h4-11,13,21H,3,14,26H2,1-2H3/t21-/m0/s1. The van der Waals surface area contributed by atoms with E-state index in [1.807, 2.05) is 50.2 Å². The molecule has 3 aromatic rings. The van der Waals surface area contributed by atoms with Crippen molar-refractivity contribution in [3.8, 4) is 17.6 Å². The van der Waals surface area contributed by atoms with Crippen LogP contribution in [0.15, 0.2) is 71.1 Å². The maximum absolute atomic E-state index is 13.6. The van der Waals surface area contributed by atoms with Crippen LogP contribution in [-0.4, -0.2) is 16.2 Å². The van der Waals surface area contributed by atoms with E-state index in [4.69, 9.17) is 15.2 Å². The van der Waals surface area contributed by atoms with Crippen LogP contribution in [0.25, 0.3) is 0 Å². The number of pyridine rings is 2. The molecule has 1 aliphatic rings. The van der Waals surface area contributed by atoms with Gasteiger partial charge >= 0.3 is 0 Å². The molecule has 0 aliphatic carbocycles. The number of hydrogen-bond donors (Lipinski definition) is 1. The zero-order valence-electron chi connectivity index (χ0n) is 17.3. The number of nitriles is 1. The summed E-state index contributed by atoms with van der Waals surface area (Å²) in [5.41, 5.74) is 8.84. The lowest BCUT2D eigenvalue weighted by atomic mass is 9.84. The van der Waals surface area contributed by atoms with Gasteiger partial charge in [0.1, 0.15) is 23.1 Å². The minimum Gasteiger partial charge on any atom is -0.494 e. The predicted octanol–water partition coefficient (Wildman–Crippen LogP) is 3.22.